The second kappa shape index (κ2) is 5.92. The molecule has 0 bridgehead atoms. The van der Waals surface area contributed by atoms with Gasteiger partial charge in [-0.1, -0.05) is 48.0 Å². The van der Waals surface area contributed by atoms with E-state index in [1.54, 1.807) is 15.9 Å². The summed E-state index contributed by atoms with van der Waals surface area (Å²) >= 11 is 1.69. The zero-order chi connectivity index (χ0) is 17.7. The molecule has 0 saturated heterocycles. The van der Waals surface area contributed by atoms with E-state index in [0.29, 0.717) is 5.82 Å². The Hall–Kier alpha value is -2.72. The topological polar surface area (TPSA) is 34.9 Å². The second-order valence-electron chi connectivity index (χ2n) is 6.82. The number of rotatable bonds is 2. The van der Waals surface area contributed by atoms with Gasteiger partial charge in [0.2, 0.25) is 0 Å². The summed E-state index contributed by atoms with van der Waals surface area (Å²) in [4.78, 5) is 20.7. The van der Waals surface area contributed by atoms with Crippen molar-refractivity contribution in [3.05, 3.63) is 81.0 Å². The largest absolute Gasteiger partial charge is 0.268 e. The lowest BCUT2D eigenvalue weighted by molar-refractivity contribution is 0.914. The minimum absolute atomic E-state index is 0.0529. The van der Waals surface area contributed by atoms with E-state index in [4.69, 9.17) is 4.98 Å². The van der Waals surface area contributed by atoms with Gasteiger partial charge in [0.05, 0.1) is 11.1 Å². The van der Waals surface area contributed by atoms with Gasteiger partial charge in [-0.05, 0) is 43.9 Å². The molecule has 0 aliphatic heterocycles. The average molecular weight is 358 g/mol. The molecular formula is C22H18N2OS. The Bertz CT molecular complexity index is 1170. The van der Waals surface area contributed by atoms with E-state index in [2.05, 4.69) is 6.92 Å². The third-order valence-corrected chi connectivity index (χ3v) is 6.25. The van der Waals surface area contributed by atoms with E-state index in [0.717, 1.165) is 40.7 Å². The molecule has 2 aromatic carbocycles. The van der Waals surface area contributed by atoms with Gasteiger partial charge in [-0.25, -0.2) is 4.98 Å². The van der Waals surface area contributed by atoms with Crippen LogP contribution >= 0.6 is 11.3 Å². The van der Waals surface area contributed by atoms with E-state index in [1.807, 2.05) is 54.6 Å². The fraction of sp³-hybridized carbons (Fsp3) is 0.182. The molecule has 0 radical (unpaired) electrons. The van der Waals surface area contributed by atoms with Gasteiger partial charge in [0.1, 0.15) is 10.7 Å². The van der Waals surface area contributed by atoms with Crippen LogP contribution in [0.15, 0.2) is 59.4 Å². The summed E-state index contributed by atoms with van der Waals surface area (Å²) in [7, 11) is 0. The molecule has 0 saturated carbocycles. The average Bonchev–Trinajstić information content (AvgIpc) is 3.24. The van der Waals surface area contributed by atoms with E-state index in [-0.39, 0.29) is 5.56 Å². The highest BCUT2D eigenvalue weighted by Gasteiger charge is 2.24. The van der Waals surface area contributed by atoms with Crippen molar-refractivity contribution in [2.75, 3.05) is 0 Å². The summed E-state index contributed by atoms with van der Waals surface area (Å²) < 4.78 is 1.78. The fourth-order valence-electron chi connectivity index (χ4n) is 3.76. The Morgan fingerprint density at radius 1 is 1.00 bits per heavy atom. The van der Waals surface area contributed by atoms with Gasteiger partial charge >= 0.3 is 0 Å². The molecule has 26 heavy (non-hydrogen) atoms. The van der Waals surface area contributed by atoms with Crippen molar-refractivity contribution in [3.63, 3.8) is 0 Å². The standard InChI is InChI=1S/C22H18N2OS/c1-14-10-12-16(13-11-14)24-20(15-6-3-2-4-7-15)23-21-19(22(24)25)17-8-5-9-18(17)26-21/h2-4,6-7,10-13H,5,8-9H2,1H3. The van der Waals surface area contributed by atoms with Crippen molar-refractivity contribution in [2.45, 2.75) is 26.2 Å². The number of hydrogen-bond donors (Lipinski definition) is 0. The Balaban J connectivity index is 1.89. The van der Waals surface area contributed by atoms with Gasteiger partial charge in [-0.3, -0.25) is 9.36 Å². The van der Waals surface area contributed by atoms with Gasteiger partial charge < -0.3 is 0 Å². The van der Waals surface area contributed by atoms with Crippen LogP contribution in [-0.4, -0.2) is 9.55 Å². The Morgan fingerprint density at radius 2 is 1.77 bits per heavy atom. The molecule has 4 heteroatoms. The van der Waals surface area contributed by atoms with Crippen LogP contribution in [0.2, 0.25) is 0 Å². The second-order valence-corrected chi connectivity index (χ2v) is 7.90. The molecule has 3 nitrogen and oxygen atoms in total. The predicted molar refractivity (Wildman–Crippen MR) is 107 cm³/mol. The van der Waals surface area contributed by atoms with E-state index in [1.165, 1.54) is 16.0 Å². The van der Waals surface area contributed by atoms with Gasteiger partial charge in [-0.2, -0.15) is 0 Å². The van der Waals surface area contributed by atoms with Crippen LogP contribution in [0.4, 0.5) is 0 Å². The number of aryl methyl sites for hydroxylation is 3. The first-order valence-electron chi connectivity index (χ1n) is 8.92. The normalized spacial score (nSPS) is 13.3. The van der Waals surface area contributed by atoms with Crippen molar-refractivity contribution < 1.29 is 0 Å². The van der Waals surface area contributed by atoms with Crippen LogP contribution in [0.3, 0.4) is 0 Å². The maximum atomic E-state index is 13.6. The molecule has 5 rings (SSSR count). The monoisotopic (exact) mass is 358 g/mol. The summed E-state index contributed by atoms with van der Waals surface area (Å²) in [6.07, 6.45) is 3.20. The first-order valence-corrected chi connectivity index (χ1v) is 9.74. The highest BCUT2D eigenvalue weighted by atomic mass is 32.1. The summed E-state index contributed by atoms with van der Waals surface area (Å²) in [6.45, 7) is 2.05. The third-order valence-electron chi connectivity index (χ3n) is 5.06. The third kappa shape index (κ3) is 2.33. The number of benzene rings is 2. The first kappa shape index (κ1) is 15.5. The maximum Gasteiger partial charge on any atom is 0.267 e. The van der Waals surface area contributed by atoms with Crippen LogP contribution < -0.4 is 5.56 Å². The molecule has 0 unspecified atom stereocenters. The maximum absolute atomic E-state index is 13.6. The molecule has 1 aliphatic carbocycles. The minimum Gasteiger partial charge on any atom is -0.268 e. The Morgan fingerprint density at radius 3 is 2.54 bits per heavy atom. The molecule has 2 heterocycles. The lowest BCUT2D eigenvalue weighted by Gasteiger charge is -2.13. The van der Waals surface area contributed by atoms with Crippen molar-refractivity contribution in [2.24, 2.45) is 0 Å². The predicted octanol–water partition coefficient (Wildman–Crippen LogP) is 4.91. The number of hydrogen-bond acceptors (Lipinski definition) is 3. The molecule has 0 amide bonds. The lowest BCUT2D eigenvalue weighted by Crippen LogP contribution is -2.22. The zero-order valence-corrected chi connectivity index (χ0v) is 15.3. The molecule has 128 valence electrons. The summed E-state index contributed by atoms with van der Waals surface area (Å²) in [5.74, 6) is 0.715. The van der Waals surface area contributed by atoms with Crippen molar-refractivity contribution in [1.82, 2.24) is 9.55 Å². The summed E-state index contributed by atoms with van der Waals surface area (Å²) in [6, 6.07) is 18.1. The Labute approximate surface area is 155 Å². The fourth-order valence-corrected chi connectivity index (χ4v) is 5.01. The van der Waals surface area contributed by atoms with Crippen LogP contribution in [0.5, 0.6) is 0 Å². The highest BCUT2D eigenvalue weighted by molar-refractivity contribution is 7.18. The molecule has 0 fully saturated rings. The van der Waals surface area contributed by atoms with Gasteiger partial charge in [0.25, 0.3) is 5.56 Å². The van der Waals surface area contributed by atoms with Gasteiger partial charge in [0, 0.05) is 10.4 Å². The van der Waals surface area contributed by atoms with E-state index >= 15 is 0 Å². The van der Waals surface area contributed by atoms with Crippen molar-refractivity contribution in [1.29, 1.82) is 0 Å². The molecule has 0 atom stereocenters. The zero-order valence-electron chi connectivity index (χ0n) is 14.5. The van der Waals surface area contributed by atoms with Gasteiger partial charge in [-0.15, -0.1) is 11.3 Å². The van der Waals surface area contributed by atoms with E-state index < -0.39 is 0 Å². The molecule has 0 spiro atoms. The number of fused-ring (bicyclic) bond motifs is 3. The molecule has 0 N–H and O–H groups in total. The van der Waals surface area contributed by atoms with Gasteiger partial charge in [0.15, 0.2) is 0 Å². The van der Waals surface area contributed by atoms with Crippen molar-refractivity contribution >= 4 is 21.6 Å². The summed E-state index contributed by atoms with van der Waals surface area (Å²) in [5, 5.41) is 0.822. The van der Waals surface area contributed by atoms with Crippen LogP contribution in [0.1, 0.15) is 22.4 Å². The minimum atomic E-state index is 0.0529. The molecular weight excluding hydrogens is 340 g/mol. The summed E-state index contributed by atoms with van der Waals surface area (Å²) in [5.41, 5.74) is 4.28. The number of nitrogens with zero attached hydrogens (tertiary/aromatic N) is 2. The number of aromatic nitrogens is 2. The number of thiophene rings is 1. The van der Waals surface area contributed by atoms with E-state index in [9.17, 15) is 4.79 Å². The van der Waals surface area contributed by atoms with Crippen molar-refractivity contribution in [3.8, 4) is 17.1 Å². The highest BCUT2D eigenvalue weighted by Crippen LogP contribution is 2.36. The van der Waals surface area contributed by atoms with Crippen LogP contribution in [-0.2, 0) is 12.8 Å². The molecule has 2 aromatic heterocycles. The SMILES string of the molecule is Cc1ccc(-n2c(-c3ccccc3)nc3sc4c(c3c2=O)CCC4)cc1. The first-order chi connectivity index (χ1) is 12.7. The van der Waals surface area contributed by atoms with Crippen LogP contribution in [0.25, 0.3) is 27.3 Å². The quantitative estimate of drug-likeness (QED) is 0.510. The lowest BCUT2D eigenvalue weighted by atomic mass is 10.1. The Kier molecular flexibility index (Phi) is 3.54. The molecule has 4 aromatic rings. The molecule has 1 aliphatic rings. The van der Waals surface area contributed by atoms with Crippen LogP contribution in [0, 0.1) is 6.92 Å². The smallest absolute Gasteiger partial charge is 0.267 e.